The van der Waals surface area contributed by atoms with E-state index >= 15 is 0 Å². The summed E-state index contributed by atoms with van der Waals surface area (Å²) in [6, 6.07) is 14.2. The fourth-order valence-electron chi connectivity index (χ4n) is 3.39. The number of allylic oxidation sites excluding steroid dienone is 2. The minimum absolute atomic E-state index is 0.0476. The first-order chi connectivity index (χ1) is 10.4. The van der Waals surface area contributed by atoms with Crippen molar-refractivity contribution in [3.8, 4) is 0 Å². The number of benzene rings is 2. The molecule has 1 aliphatic carbocycles. The molecule has 1 saturated carbocycles. The van der Waals surface area contributed by atoms with E-state index in [1.807, 2.05) is 24.3 Å². The van der Waals surface area contributed by atoms with Crippen LogP contribution in [0, 0.1) is 17.3 Å². The second-order valence-corrected chi connectivity index (χ2v) is 7.08. The lowest BCUT2D eigenvalue weighted by molar-refractivity contribution is -0.118. The van der Waals surface area contributed by atoms with Crippen LogP contribution in [0.1, 0.15) is 27.7 Å². The van der Waals surface area contributed by atoms with Crippen LogP contribution in [-0.4, -0.2) is 5.91 Å². The zero-order chi connectivity index (χ0) is 15.9. The lowest BCUT2D eigenvalue weighted by Crippen LogP contribution is -2.17. The molecule has 1 amide bonds. The van der Waals surface area contributed by atoms with Crippen molar-refractivity contribution in [2.45, 2.75) is 27.7 Å². The summed E-state index contributed by atoms with van der Waals surface area (Å²) in [6.45, 7) is 8.52. The van der Waals surface area contributed by atoms with Gasteiger partial charge >= 0.3 is 0 Å². The van der Waals surface area contributed by atoms with E-state index in [9.17, 15) is 4.79 Å². The van der Waals surface area contributed by atoms with Gasteiger partial charge in [0.05, 0.1) is 5.92 Å². The third kappa shape index (κ3) is 2.54. The molecule has 0 aliphatic heterocycles. The Morgan fingerprint density at radius 1 is 1.09 bits per heavy atom. The van der Waals surface area contributed by atoms with Crippen molar-refractivity contribution < 1.29 is 4.79 Å². The number of amides is 1. The number of anilines is 1. The number of carbonyl (C=O) groups is 1. The van der Waals surface area contributed by atoms with E-state index < -0.39 is 0 Å². The van der Waals surface area contributed by atoms with Crippen molar-refractivity contribution in [1.29, 1.82) is 0 Å². The van der Waals surface area contributed by atoms with E-state index in [2.05, 4.69) is 57.3 Å². The van der Waals surface area contributed by atoms with Gasteiger partial charge in [0.1, 0.15) is 0 Å². The number of carbonyl (C=O) groups excluding carboxylic acids is 1. The van der Waals surface area contributed by atoms with Gasteiger partial charge in [0.2, 0.25) is 5.91 Å². The SMILES string of the molecule is CC(C)=C[C@@H]1[C@@H](C(=O)Nc2cccc3ccccc23)C1(C)C. The average Bonchev–Trinajstić information content (AvgIpc) is 2.99. The molecular weight excluding hydrogens is 270 g/mol. The van der Waals surface area contributed by atoms with Crippen LogP contribution >= 0.6 is 0 Å². The average molecular weight is 293 g/mol. The Kier molecular flexibility index (Phi) is 3.56. The first kappa shape index (κ1) is 14.8. The number of rotatable bonds is 3. The van der Waals surface area contributed by atoms with Gasteiger partial charge in [-0.05, 0) is 36.6 Å². The summed E-state index contributed by atoms with van der Waals surface area (Å²) in [4.78, 5) is 12.7. The standard InChI is InChI=1S/C20H23NO/c1-13(2)12-16-18(20(16,3)4)19(22)21-17-11-7-9-14-8-5-6-10-15(14)17/h5-12,16,18H,1-4H3,(H,21,22)/t16-,18+/m1/s1. The fraction of sp³-hybridized carbons (Fsp3) is 0.350. The quantitative estimate of drug-likeness (QED) is 0.791. The maximum Gasteiger partial charge on any atom is 0.228 e. The van der Waals surface area contributed by atoms with Gasteiger partial charge in [0.15, 0.2) is 0 Å². The predicted octanol–water partition coefficient (Wildman–Crippen LogP) is 5.02. The number of hydrogen-bond donors (Lipinski definition) is 1. The van der Waals surface area contributed by atoms with Gasteiger partial charge in [-0.3, -0.25) is 4.79 Å². The lowest BCUT2D eigenvalue weighted by Gasteiger charge is -2.09. The Morgan fingerprint density at radius 3 is 2.50 bits per heavy atom. The van der Waals surface area contributed by atoms with E-state index in [4.69, 9.17) is 0 Å². The molecule has 1 aliphatic rings. The number of nitrogens with one attached hydrogen (secondary N) is 1. The van der Waals surface area contributed by atoms with Crippen molar-refractivity contribution in [3.05, 3.63) is 54.1 Å². The topological polar surface area (TPSA) is 29.1 Å². The summed E-state index contributed by atoms with van der Waals surface area (Å²) in [7, 11) is 0. The van der Waals surface area contributed by atoms with Crippen molar-refractivity contribution in [2.24, 2.45) is 17.3 Å². The van der Waals surface area contributed by atoms with E-state index in [1.54, 1.807) is 0 Å². The van der Waals surface area contributed by atoms with Gasteiger partial charge in [-0.1, -0.05) is 61.9 Å². The largest absolute Gasteiger partial charge is 0.325 e. The van der Waals surface area contributed by atoms with Crippen LogP contribution < -0.4 is 5.32 Å². The van der Waals surface area contributed by atoms with Crippen molar-refractivity contribution in [1.82, 2.24) is 0 Å². The molecule has 0 saturated heterocycles. The second-order valence-electron chi connectivity index (χ2n) is 7.08. The van der Waals surface area contributed by atoms with Crippen LogP contribution in [0.4, 0.5) is 5.69 Å². The summed E-state index contributed by atoms with van der Waals surface area (Å²) in [5.74, 6) is 0.526. The Morgan fingerprint density at radius 2 is 1.77 bits per heavy atom. The summed E-state index contributed by atoms with van der Waals surface area (Å²) in [6.07, 6.45) is 2.23. The van der Waals surface area contributed by atoms with E-state index in [1.165, 1.54) is 5.57 Å². The summed E-state index contributed by atoms with van der Waals surface area (Å²) in [5.41, 5.74) is 2.23. The molecule has 3 rings (SSSR count). The van der Waals surface area contributed by atoms with Crippen molar-refractivity contribution in [3.63, 3.8) is 0 Å². The highest BCUT2D eigenvalue weighted by Gasteiger charge is 2.60. The zero-order valence-electron chi connectivity index (χ0n) is 13.7. The van der Waals surface area contributed by atoms with E-state index in [0.717, 1.165) is 16.5 Å². The molecule has 2 heteroatoms. The van der Waals surface area contributed by atoms with Gasteiger partial charge in [-0.2, -0.15) is 0 Å². The number of hydrogen-bond acceptors (Lipinski definition) is 1. The molecule has 2 atom stereocenters. The van der Waals surface area contributed by atoms with Gasteiger partial charge in [0.25, 0.3) is 0 Å². The Balaban J connectivity index is 1.84. The van der Waals surface area contributed by atoms with Crippen LogP contribution in [0.5, 0.6) is 0 Å². The highest BCUT2D eigenvalue weighted by molar-refractivity contribution is 6.04. The molecule has 2 aromatic rings. The molecule has 1 N–H and O–H groups in total. The third-order valence-corrected chi connectivity index (χ3v) is 4.75. The van der Waals surface area contributed by atoms with Crippen LogP contribution in [0.2, 0.25) is 0 Å². The molecule has 2 aromatic carbocycles. The zero-order valence-corrected chi connectivity index (χ0v) is 13.7. The minimum atomic E-state index is 0.0476. The lowest BCUT2D eigenvalue weighted by atomic mass is 10.1. The maximum atomic E-state index is 12.7. The van der Waals surface area contributed by atoms with Crippen LogP contribution in [0.15, 0.2) is 54.1 Å². The summed E-state index contributed by atoms with van der Waals surface area (Å²) >= 11 is 0. The Hall–Kier alpha value is -2.09. The molecule has 0 heterocycles. The normalized spacial score (nSPS) is 22.2. The third-order valence-electron chi connectivity index (χ3n) is 4.75. The van der Waals surface area contributed by atoms with Crippen molar-refractivity contribution in [2.75, 3.05) is 5.32 Å². The minimum Gasteiger partial charge on any atom is -0.325 e. The number of fused-ring (bicyclic) bond motifs is 1. The predicted molar refractivity (Wildman–Crippen MR) is 92.8 cm³/mol. The fourth-order valence-corrected chi connectivity index (χ4v) is 3.39. The molecule has 2 nitrogen and oxygen atoms in total. The molecule has 0 radical (unpaired) electrons. The first-order valence-corrected chi connectivity index (χ1v) is 7.85. The monoisotopic (exact) mass is 293 g/mol. The highest BCUT2D eigenvalue weighted by atomic mass is 16.2. The molecule has 0 aromatic heterocycles. The Labute approximate surface area is 132 Å². The van der Waals surface area contributed by atoms with Crippen LogP contribution in [0.3, 0.4) is 0 Å². The van der Waals surface area contributed by atoms with Gasteiger partial charge < -0.3 is 5.32 Å². The maximum absolute atomic E-state index is 12.7. The molecule has 0 unspecified atom stereocenters. The van der Waals surface area contributed by atoms with E-state index in [-0.39, 0.29) is 17.2 Å². The smallest absolute Gasteiger partial charge is 0.228 e. The second kappa shape index (κ2) is 5.28. The summed E-state index contributed by atoms with van der Waals surface area (Å²) < 4.78 is 0. The summed E-state index contributed by atoms with van der Waals surface area (Å²) in [5, 5.41) is 5.38. The Bertz CT molecular complexity index is 748. The van der Waals surface area contributed by atoms with E-state index in [0.29, 0.717) is 5.92 Å². The molecular formula is C20H23NO. The molecule has 0 spiro atoms. The molecule has 0 bridgehead atoms. The van der Waals surface area contributed by atoms with Gasteiger partial charge in [-0.25, -0.2) is 0 Å². The van der Waals surface area contributed by atoms with Crippen molar-refractivity contribution >= 4 is 22.4 Å². The van der Waals surface area contributed by atoms with Crippen LogP contribution in [0.25, 0.3) is 10.8 Å². The molecule has 22 heavy (non-hydrogen) atoms. The molecule has 1 fully saturated rings. The van der Waals surface area contributed by atoms with Gasteiger partial charge in [0, 0.05) is 11.1 Å². The van der Waals surface area contributed by atoms with Crippen LogP contribution in [-0.2, 0) is 4.79 Å². The first-order valence-electron chi connectivity index (χ1n) is 7.85. The highest BCUT2D eigenvalue weighted by Crippen LogP contribution is 2.59. The van der Waals surface area contributed by atoms with Gasteiger partial charge in [-0.15, -0.1) is 0 Å². The molecule has 114 valence electrons.